The molecule has 0 fully saturated rings. The third kappa shape index (κ3) is 4.21. The molecule has 0 atom stereocenters. The summed E-state index contributed by atoms with van der Waals surface area (Å²) in [7, 11) is -3.63. The van der Waals surface area contributed by atoms with Crippen LogP contribution in [0, 0.1) is 0 Å². The van der Waals surface area contributed by atoms with Crippen LogP contribution in [-0.4, -0.2) is 14.1 Å². The van der Waals surface area contributed by atoms with Gasteiger partial charge in [0.15, 0.2) is 0 Å². The van der Waals surface area contributed by atoms with Gasteiger partial charge in [0.05, 0.1) is 10.6 Å². The monoisotopic (exact) mass is 267 g/mol. The normalized spacial score (nSPS) is 12.1. The minimum atomic E-state index is -3.63. The molecule has 0 aromatic heterocycles. The Hall–Kier alpha value is -1.82. The number of benzene rings is 1. The van der Waals surface area contributed by atoms with E-state index in [1.807, 2.05) is 13.8 Å². The first kappa shape index (κ1) is 14.2. The number of hydrogen-bond donors (Lipinski definition) is 2. The van der Waals surface area contributed by atoms with E-state index >= 15 is 0 Å². The van der Waals surface area contributed by atoms with Crippen LogP contribution in [0.15, 0.2) is 45.9 Å². The lowest BCUT2D eigenvalue weighted by molar-refractivity contribution is 0.584. The Morgan fingerprint density at radius 2 is 1.78 bits per heavy atom. The molecule has 1 aromatic rings. The van der Waals surface area contributed by atoms with Crippen molar-refractivity contribution < 1.29 is 8.42 Å². The highest BCUT2D eigenvalue weighted by Gasteiger charge is 2.11. The van der Waals surface area contributed by atoms with Crippen molar-refractivity contribution in [1.29, 1.82) is 0 Å². The van der Waals surface area contributed by atoms with Crippen molar-refractivity contribution >= 4 is 21.4 Å². The van der Waals surface area contributed by atoms with Gasteiger partial charge in [0.1, 0.15) is 0 Å². The molecule has 0 bridgehead atoms. The molecule has 6 heteroatoms. The fourth-order valence-electron chi connectivity index (χ4n) is 1.28. The zero-order valence-electron chi connectivity index (χ0n) is 10.6. The summed E-state index contributed by atoms with van der Waals surface area (Å²) in [6, 6.07) is 5.93. The second-order valence-corrected chi connectivity index (χ2v) is 5.80. The number of hydrazone groups is 1. The van der Waals surface area contributed by atoms with Gasteiger partial charge in [0.2, 0.25) is 0 Å². The molecule has 0 heterocycles. The van der Waals surface area contributed by atoms with Crippen molar-refractivity contribution in [3.05, 3.63) is 35.9 Å². The predicted octanol–water partition coefficient (Wildman–Crippen LogP) is 1.89. The number of nitrogen functional groups attached to an aromatic ring is 1. The number of nitrogens with zero attached hydrogens (tertiary/aromatic N) is 1. The van der Waals surface area contributed by atoms with Crippen LogP contribution in [0.3, 0.4) is 0 Å². The first-order chi connectivity index (χ1) is 8.31. The van der Waals surface area contributed by atoms with Gasteiger partial charge < -0.3 is 5.73 Å². The topological polar surface area (TPSA) is 84.5 Å². The van der Waals surface area contributed by atoms with E-state index in [4.69, 9.17) is 5.73 Å². The van der Waals surface area contributed by atoms with Crippen LogP contribution in [0.4, 0.5) is 5.69 Å². The molecule has 1 rings (SSSR count). The Bertz CT molecular complexity index is 568. The van der Waals surface area contributed by atoms with Crippen molar-refractivity contribution in [2.24, 2.45) is 5.10 Å². The Morgan fingerprint density at radius 1 is 1.22 bits per heavy atom. The van der Waals surface area contributed by atoms with Crippen molar-refractivity contribution in [2.75, 3.05) is 5.73 Å². The Balaban J connectivity index is 2.90. The minimum absolute atomic E-state index is 0.130. The maximum absolute atomic E-state index is 11.9. The van der Waals surface area contributed by atoms with Gasteiger partial charge >= 0.3 is 0 Å². The van der Waals surface area contributed by atoms with Gasteiger partial charge in [-0.05, 0) is 51.1 Å². The molecular formula is C12H17N3O2S. The van der Waals surface area contributed by atoms with Gasteiger partial charge in [-0.1, -0.05) is 5.57 Å². The molecule has 1 aromatic carbocycles. The van der Waals surface area contributed by atoms with Crippen LogP contribution >= 0.6 is 0 Å². The van der Waals surface area contributed by atoms with Gasteiger partial charge in [0.25, 0.3) is 10.0 Å². The second-order valence-electron chi connectivity index (χ2n) is 4.14. The number of anilines is 1. The summed E-state index contributed by atoms with van der Waals surface area (Å²) >= 11 is 0. The summed E-state index contributed by atoms with van der Waals surface area (Å²) in [5.41, 5.74) is 7.64. The quantitative estimate of drug-likeness (QED) is 0.496. The number of nitrogens with one attached hydrogen (secondary N) is 1. The van der Waals surface area contributed by atoms with Crippen LogP contribution in [0.5, 0.6) is 0 Å². The molecule has 18 heavy (non-hydrogen) atoms. The highest BCUT2D eigenvalue weighted by Crippen LogP contribution is 2.11. The van der Waals surface area contributed by atoms with E-state index < -0.39 is 10.0 Å². The summed E-state index contributed by atoms with van der Waals surface area (Å²) in [6.07, 6.45) is 1.78. The largest absolute Gasteiger partial charge is 0.399 e. The van der Waals surface area contributed by atoms with Crippen LogP contribution in [0.25, 0.3) is 0 Å². The number of nitrogens with two attached hydrogens (primary N) is 1. The predicted molar refractivity (Wildman–Crippen MR) is 73.7 cm³/mol. The molecule has 98 valence electrons. The Morgan fingerprint density at radius 3 is 2.28 bits per heavy atom. The summed E-state index contributed by atoms with van der Waals surface area (Å²) in [5.74, 6) is 0. The van der Waals surface area contributed by atoms with Gasteiger partial charge in [-0.2, -0.15) is 18.4 Å². The van der Waals surface area contributed by atoms with E-state index in [1.54, 1.807) is 13.0 Å². The molecule has 0 spiro atoms. The van der Waals surface area contributed by atoms with E-state index in [-0.39, 0.29) is 4.90 Å². The first-order valence-electron chi connectivity index (χ1n) is 5.38. The number of allylic oxidation sites excluding steroid dienone is 2. The molecule has 0 aliphatic carbocycles. The SMILES string of the molecule is CC(C)=C/C(C)=N\NS(=O)(=O)c1ccc(N)cc1. The number of rotatable bonds is 4. The molecule has 0 aliphatic heterocycles. The summed E-state index contributed by atoms with van der Waals surface area (Å²) in [6.45, 7) is 5.54. The lowest BCUT2D eigenvalue weighted by Gasteiger charge is -2.04. The third-order valence-corrected chi connectivity index (χ3v) is 3.25. The van der Waals surface area contributed by atoms with Crippen LogP contribution in [0.1, 0.15) is 20.8 Å². The fourth-order valence-corrected chi connectivity index (χ4v) is 2.15. The van der Waals surface area contributed by atoms with Crippen molar-refractivity contribution in [1.82, 2.24) is 4.83 Å². The van der Waals surface area contributed by atoms with Gasteiger partial charge in [-0.25, -0.2) is 0 Å². The standard InChI is InChI=1S/C12H17N3O2S/c1-9(2)8-10(3)14-15-18(16,17)12-6-4-11(13)5-7-12/h4-8,15H,13H2,1-3H3/b14-10-. The van der Waals surface area contributed by atoms with Crippen molar-refractivity contribution in [3.63, 3.8) is 0 Å². The zero-order valence-corrected chi connectivity index (χ0v) is 11.5. The van der Waals surface area contributed by atoms with Gasteiger partial charge in [-0.15, -0.1) is 0 Å². The lowest BCUT2D eigenvalue weighted by Crippen LogP contribution is -2.19. The molecule has 0 unspecified atom stereocenters. The molecule has 5 nitrogen and oxygen atoms in total. The van der Waals surface area contributed by atoms with Gasteiger partial charge in [-0.3, -0.25) is 0 Å². The molecule has 0 amide bonds. The smallest absolute Gasteiger partial charge is 0.276 e. The summed E-state index contributed by atoms with van der Waals surface area (Å²) in [5, 5.41) is 3.81. The fraction of sp³-hybridized carbons (Fsp3) is 0.250. The Labute approximate surface area is 107 Å². The molecule has 3 N–H and O–H groups in total. The average Bonchev–Trinajstić information content (AvgIpc) is 2.26. The summed E-state index contributed by atoms with van der Waals surface area (Å²) in [4.78, 5) is 2.30. The van der Waals surface area contributed by atoms with E-state index in [9.17, 15) is 8.42 Å². The maximum Gasteiger partial charge on any atom is 0.276 e. The highest BCUT2D eigenvalue weighted by molar-refractivity contribution is 7.89. The first-order valence-corrected chi connectivity index (χ1v) is 6.86. The van der Waals surface area contributed by atoms with Gasteiger partial charge in [0, 0.05) is 5.69 Å². The van der Waals surface area contributed by atoms with E-state index in [0.717, 1.165) is 5.57 Å². The maximum atomic E-state index is 11.9. The minimum Gasteiger partial charge on any atom is -0.399 e. The average molecular weight is 267 g/mol. The third-order valence-electron chi connectivity index (χ3n) is 2.03. The molecule has 0 aliphatic rings. The van der Waals surface area contributed by atoms with E-state index in [1.165, 1.54) is 24.3 Å². The number of hydrogen-bond acceptors (Lipinski definition) is 4. The summed E-state index contributed by atoms with van der Waals surface area (Å²) < 4.78 is 23.7. The zero-order chi connectivity index (χ0) is 13.8. The van der Waals surface area contributed by atoms with Crippen LogP contribution < -0.4 is 10.6 Å². The Kier molecular flexibility index (Phi) is 4.49. The molecule has 0 saturated heterocycles. The lowest BCUT2D eigenvalue weighted by atomic mass is 10.3. The van der Waals surface area contributed by atoms with Crippen molar-refractivity contribution in [2.45, 2.75) is 25.7 Å². The van der Waals surface area contributed by atoms with E-state index in [2.05, 4.69) is 9.93 Å². The van der Waals surface area contributed by atoms with Crippen molar-refractivity contribution in [3.8, 4) is 0 Å². The second kappa shape index (κ2) is 5.68. The van der Waals surface area contributed by atoms with Crippen LogP contribution in [-0.2, 0) is 10.0 Å². The highest BCUT2D eigenvalue weighted by atomic mass is 32.2. The van der Waals surface area contributed by atoms with Crippen LogP contribution in [0.2, 0.25) is 0 Å². The number of sulfonamides is 1. The van der Waals surface area contributed by atoms with E-state index in [0.29, 0.717) is 11.4 Å². The molecular weight excluding hydrogens is 250 g/mol. The molecule has 0 saturated carbocycles. The molecule has 0 radical (unpaired) electrons.